The predicted octanol–water partition coefficient (Wildman–Crippen LogP) is 5.17. The summed E-state index contributed by atoms with van der Waals surface area (Å²) in [7, 11) is 0. The molecule has 0 spiro atoms. The highest BCUT2D eigenvalue weighted by Crippen LogP contribution is 2.22. The van der Waals surface area contributed by atoms with Gasteiger partial charge < -0.3 is 5.32 Å². The van der Waals surface area contributed by atoms with Crippen LogP contribution in [-0.4, -0.2) is 0 Å². The van der Waals surface area contributed by atoms with Crippen LogP contribution in [0.4, 0.5) is 0 Å². The van der Waals surface area contributed by atoms with Crippen molar-refractivity contribution in [2.75, 3.05) is 0 Å². The minimum absolute atomic E-state index is 0.327. The lowest BCUT2D eigenvalue weighted by molar-refractivity contribution is 0.494. The molecule has 0 saturated carbocycles. The fourth-order valence-corrected chi connectivity index (χ4v) is 2.70. The fraction of sp³-hybridized carbons (Fsp3) is 0.294. The Balaban J connectivity index is 2.08. The second-order valence-corrected chi connectivity index (χ2v) is 5.99. The van der Waals surface area contributed by atoms with E-state index in [9.17, 15) is 0 Å². The molecule has 100 valence electrons. The van der Waals surface area contributed by atoms with Crippen LogP contribution in [0, 0.1) is 6.92 Å². The van der Waals surface area contributed by atoms with Crippen LogP contribution in [0.15, 0.2) is 53.0 Å². The number of hydrogen-bond donors (Lipinski definition) is 1. The number of rotatable bonds is 4. The largest absolute Gasteiger partial charge is 0.304 e. The third kappa shape index (κ3) is 3.92. The minimum atomic E-state index is 0.327. The Kier molecular flexibility index (Phi) is 4.78. The SMILES string of the molecule is Cc1cccc([C@H](C)NC(C)c2cccc(Br)c2)c1. The molecule has 19 heavy (non-hydrogen) atoms. The molecule has 2 atom stereocenters. The van der Waals surface area contributed by atoms with Crippen LogP contribution in [0.2, 0.25) is 0 Å². The molecule has 2 rings (SSSR count). The van der Waals surface area contributed by atoms with Crippen molar-refractivity contribution in [3.05, 3.63) is 69.7 Å². The normalized spacial score (nSPS) is 14.1. The minimum Gasteiger partial charge on any atom is -0.304 e. The highest BCUT2D eigenvalue weighted by atomic mass is 79.9. The molecule has 2 aromatic carbocycles. The molecule has 0 aliphatic heterocycles. The highest BCUT2D eigenvalue weighted by Gasteiger charge is 2.11. The Morgan fingerprint density at radius 2 is 1.47 bits per heavy atom. The van der Waals surface area contributed by atoms with E-state index in [1.165, 1.54) is 16.7 Å². The first-order chi connectivity index (χ1) is 9.06. The zero-order chi connectivity index (χ0) is 13.8. The second-order valence-electron chi connectivity index (χ2n) is 5.08. The van der Waals surface area contributed by atoms with E-state index < -0.39 is 0 Å². The summed E-state index contributed by atoms with van der Waals surface area (Å²) in [6, 6.07) is 17.8. The van der Waals surface area contributed by atoms with Gasteiger partial charge in [-0.25, -0.2) is 0 Å². The summed E-state index contributed by atoms with van der Waals surface area (Å²) < 4.78 is 1.13. The zero-order valence-corrected chi connectivity index (χ0v) is 13.2. The molecule has 2 aromatic rings. The molecule has 0 saturated heterocycles. The molecule has 2 heteroatoms. The highest BCUT2D eigenvalue weighted by molar-refractivity contribution is 9.10. The molecule has 0 aliphatic rings. The van der Waals surface area contributed by atoms with Crippen molar-refractivity contribution in [3.8, 4) is 0 Å². The maximum absolute atomic E-state index is 3.65. The Morgan fingerprint density at radius 3 is 2.05 bits per heavy atom. The van der Waals surface area contributed by atoms with E-state index in [1.54, 1.807) is 0 Å². The van der Waals surface area contributed by atoms with E-state index in [0.29, 0.717) is 12.1 Å². The van der Waals surface area contributed by atoms with Crippen molar-refractivity contribution in [3.63, 3.8) is 0 Å². The summed E-state index contributed by atoms with van der Waals surface area (Å²) in [6.07, 6.45) is 0. The van der Waals surface area contributed by atoms with Crippen molar-refractivity contribution in [2.24, 2.45) is 0 Å². The average Bonchev–Trinajstić information content (AvgIpc) is 2.38. The lowest BCUT2D eigenvalue weighted by Gasteiger charge is -2.21. The van der Waals surface area contributed by atoms with Crippen LogP contribution in [0.25, 0.3) is 0 Å². The number of benzene rings is 2. The first kappa shape index (κ1) is 14.3. The van der Waals surface area contributed by atoms with Gasteiger partial charge in [0.15, 0.2) is 0 Å². The molecule has 0 heterocycles. The summed E-state index contributed by atoms with van der Waals surface area (Å²) in [6.45, 7) is 6.55. The van der Waals surface area contributed by atoms with Crippen molar-refractivity contribution in [1.82, 2.24) is 5.32 Å². The van der Waals surface area contributed by atoms with Gasteiger partial charge in [0.1, 0.15) is 0 Å². The first-order valence-electron chi connectivity index (χ1n) is 6.64. The molecule has 0 fully saturated rings. The molecule has 1 N–H and O–H groups in total. The summed E-state index contributed by atoms with van der Waals surface area (Å²) in [5, 5.41) is 3.65. The number of hydrogen-bond acceptors (Lipinski definition) is 1. The summed E-state index contributed by atoms with van der Waals surface area (Å²) in [5.74, 6) is 0. The van der Waals surface area contributed by atoms with Crippen LogP contribution in [0.1, 0.15) is 42.6 Å². The maximum atomic E-state index is 3.65. The van der Waals surface area contributed by atoms with E-state index in [-0.39, 0.29) is 0 Å². The summed E-state index contributed by atoms with van der Waals surface area (Å²) >= 11 is 3.52. The molecule has 0 aromatic heterocycles. The third-order valence-corrected chi connectivity index (χ3v) is 3.88. The molecule has 1 unspecified atom stereocenters. The smallest absolute Gasteiger partial charge is 0.0297 e. The molecule has 1 nitrogen and oxygen atoms in total. The van der Waals surface area contributed by atoms with Gasteiger partial charge in [0.25, 0.3) is 0 Å². The number of aryl methyl sites for hydroxylation is 1. The van der Waals surface area contributed by atoms with Crippen molar-refractivity contribution in [2.45, 2.75) is 32.9 Å². The van der Waals surface area contributed by atoms with E-state index in [4.69, 9.17) is 0 Å². The summed E-state index contributed by atoms with van der Waals surface area (Å²) in [4.78, 5) is 0. The summed E-state index contributed by atoms with van der Waals surface area (Å²) in [5.41, 5.74) is 3.94. The average molecular weight is 318 g/mol. The molecule has 0 amide bonds. The lowest BCUT2D eigenvalue weighted by atomic mass is 10.0. The molecule has 0 aliphatic carbocycles. The van der Waals surface area contributed by atoms with Gasteiger partial charge in [-0.05, 0) is 44.0 Å². The molecular weight excluding hydrogens is 298 g/mol. The predicted molar refractivity (Wildman–Crippen MR) is 85.3 cm³/mol. The Bertz CT molecular complexity index is 501. The quantitative estimate of drug-likeness (QED) is 0.820. The monoisotopic (exact) mass is 317 g/mol. The van der Waals surface area contributed by atoms with Gasteiger partial charge in [0, 0.05) is 16.6 Å². The number of halogens is 1. The van der Waals surface area contributed by atoms with Crippen LogP contribution in [0.5, 0.6) is 0 Å². The van der Waals surface area contributed by atoms with Crippen molar-refractivity contribution in [1.29, 1.82) is 0 Å². The standard InChI is InChI=1S/C17H20BrN/c1-12-6-4-7-15(10-12)13(2)19-14(3)16-8-5-9-17(18)11-16/h4-11,13-14,19H,1-3H3/t13-,14?/m0/s1. The van der Waals surface area contributed by atoms with Crippen LogP contribution >= 0.6 is 15.9 Å². The zero-order valence-electron chi connectivity index (χ0n) is 11.7. The molecule has 0 radical (unpaired) electrons. The molecule has 0 bridgehead atoms. The van der Waals surface area contributed by atoms with E-state index in [1.807, 2.05) is 0 Å². The van der Waals surface area contributed by atoms with Crippen molar-refractivity contribution < 1.29 is 0 Å². The molecular formula is C17H20BrN. The Hall–Kier alpha value is -1.12. The lowest BCUT2D eigenvalue weighted by Crippen LogP contribution is -2.22. The van der Waals surface area contributed by atoms with Gasteiger partial charge in [-0.15, -0.1) is 0 Å². The van der Waals surface area contributed by atoms with E-state index >= 15 is 0 Å². The van der Waals surface area contributed by atoms with Gasteiger partial charge >= 0.3 is 0 Å². The van der Waals surface area contributed by atoms with E-state index in [0.717, 1.165) is 4.47 Å². The Labute approximate surface area is 124 Å². The second kappa shape index (κ2) is 6.36. The van der Waals surface area contributed by atoms with Gasteiger partial charge in [-0.3, -0.25) is 0 Å². The van der Waals surface area contributed by atoms with Gasteiger partial charge in [0.05, 0.1) is 0 Å². The topological polar surface area (TPSA) is 12.0 Å². The van der Waals surface area contributed by atoms with Crippen molar-refractivity contribution >= 4 is 15.9 Å². The van der Waals surface area contributed by atoms with Gasteiger partial charge in [-0.1, -0.05) is 57.9 Å². The third-order valence-electron chi connectivity index (χ3n) is 3.39. The maximum Gasteiger partial charge on any atom is 0.0297 e. The van der Waals surface area contributed by atoms with Gasteiger partial charge in [0.2, 0.25) is 0 Å². The van der Waals surface area contributed by atoms with Crippen LogP contribution < -0.4 is 5.32 Å². The van der Waals surface area contributed by atoms with Gasteiger partial charge in [-0.2, -0.15) is 0 Å². The number of nitrogens with one attached hydrogen (secondary N) is 1. The Morgan fingerprint density at radius 1 is 0.895 bits per heavy atom. The van der Waals surface area contributed by atoms with Crippen LogP contribution in [0.3, 0.4) is 0 Å². The van der Waals surface area contributed by atoms with E-state index in [2.05, 4.69) is 90.5 Å². The van der Waals surface area contributed by atoms with Crippen LogP contribution in [-0.2, 0) is 0 Å². The fourth-order valence-electron chi connectivity index (χ4n) is 2.28. The first-order valence-corrected chi connectivity index (χ1v) is 7.43.